The van der Waals surface area contributed by atoms with E-state index >= 15 is 0 Å². The van der Waals surface area contributed by atoms with Crippen LogP contribution in [0.5, 0.6) is 11.5 Å². The number of aryl methyl sites for hydroxylation is 1. The van der Waals surface area contributed by atoms with Gasteiger partial charge in [-0.1, -0.05) is 12.1 Å². The van der Waals surface area contributed by atoms with Crippen molar-refractivity contribution >= 4 is 0 Å². The van der Waals surface area contributed by atoms with Gasteiger partial charge in [0.1, 0.15) is 11.5 Å². The molecule has 2 rings (SSSR count). The van der Waals surface area contributed by atoms with E-state index < -0.39 is 0 Å². The minimum absolute atomic E-state index is 0.163. The Kier molecular flexibility index (Phi) is 4.58. The fraction of sp³-hybridized carbons (Fsp3) is 0.312. The molecule has 0 aliphatic heterocycles. The molecule has 4 heteroatoms. The third-order valence-electron chi connectivity index (χ3n) is 3.37. The minimum Gasteiger partial charge on any atom is -0.497 e. The number of aromatic nitrogens is 1. The highest BCUT2D eigenvalue weighted by Gasteiger charge is 2.15. The summed E-state index contributed by atoms with van der Waals surface area (Å²) in [5.41, 5.74) is 9.42. The number of ether oxygens (including phenoxy) is 2. The third kappa shape index (κ3) is 3.08. The molecule has 0 bridgehead atoms. The van der Waals surface area contributed by atoms with Crippen molar-refractivity contribution in [2.45, 2.75) is 19.4 Å². The molecule has 0 saturated carbocycles. The van der Waals surface area contributed by atoms with Crippen LogP contribution in [0.25, 0.3) is 0 Å². The second-order valence-electron chi connectivity index (χ2n) is 4.69. The van der Waals surface area contributed by atoms with E-state index in [9.17, 15) is 0 Å². The lowest BCUT2D eigenvalue weighted by Crippen LogP contribution is -2.16. The molecule has 2 aromatic rings. The summed E-state index contributed by atoms with van der Waals surface area (Å²) in [4.78, 5) is 4.39. The van der Waals surface area contributed by atoms with E-state index in [4.69, 9.17) is 15.2 Å². The lowest BCUT2D eigenvalue weighted by Gasteiger charge is -2.17. The third-order valence-corrected chi connectivity index (χ3v) is 3.37. The molecule has 0 saturated heterocycles. The van der Waals surface area contributed by atoms with E-state index in [1.807, 2.05) is 37.3 Å². The Balaban J connectivity index is 2.25. The summed E-state index contributed by atoms with van der Waals surface area (Å²) in [5, 5.41) is 0. The van der Waals surface area contributed by atoms with Crippen molar-refractivity contribution < 1.29 is 9.47 Å². The molecule has 0 aliphatic rings. The van der Waals surface area contributed by atoms with Crippen LogP contribution in [0.1, 0.15) is 22.9 Å². The molecule has 4 nitrogen and oxygen atoms in total. The summed E-state index contributed by atoms with van der Waals surface area (Å²) < 4.78 is 10.6. The van der Waals surface area contributed by atoms with Crippen molar-refractivity contribution in [3.05, 3.63) is 53.3 Å². The van der Waals surface area contributed by atoms with Crippen LogP contribution < -0.4 is 15.2 Å². The highest BCUT2D eigenvalue weighted by Crippen LogP contribution is 2.30. The number of methoxy groups -OCH3 is 2. The predicted octanol–water partition coefficient (Wildman–Crippen LogP) is 2.65. The Morgan fingerprint density at radius 3 is 2.65 bits per heavy atom. The van der Waals surface area contributed by atoms with Crippen molar-refractivity contribution in [1.82, 2.24) is 4.98 Å². The molecule has 1 aromatic heterocycles. The molecule has 1 heterocycles. The predicted molar refractivity (Wildman–Crippen MR) is 79.2 cm³/mol. The maximum atomic E-state index is 6.30. The lowest BCUT2D eigenvalue weighted by molar-refractivity contribution is 0.388. The van der Waals surface area contributed by atoms with E-state index in [0.717, 1.165) is 28.3 Å². The van der Waals surface area contributed by atoms with Gasteiger partial charge in [-0.15, -0.1) is 0 Å². The number of rotatable bonds is 5. The molecule has 0 amide bonds. The van der Waals surface area contributed by atoms with Gasteiger partial charge in [-0.25, -0.2) is 0 Å². The van der Waals surface area contributed by atoms with Crippen LogP contribution in [-0.2, 0) is 6.42 Å². The first-order valence-corrected chi connectivity index (χ1v) is 6.53. The molecule has 1 unspecified atom stereocenters. The number of nitrogens with zero attached hydrogens (tertiary/aromatic N) is 1. The lowest BCUT2D eigenvalue weighted by atomic mass is 9.99. The molecule has 1 atom stereocenters. The van der Waals surface area contributed by atoms with Crippen LogP contribution >= 0.6 is 0 Å². The van der Waals surface area contributed by atoms with Gasteiger partial charge in [-0.3, -0.25) is 4.98 Å². The first kappa shape index (κ1) is 14.3. The Morgan fingerprint density at radius 1 is 1.20 bits per heavy atom. The summed E-state index contributed by atoms with van der Waals surface area (Å²) in [6.07, 6.45) is 2.47. The van der Waals surface area contributed by atoms with E-state index in [-0.39, 0.29) is 6.04 Å². The Hall–Kier alpha value is -2.07. The second kappa shape index (κ2) is 6.39. The van der Waals surface area contributed by atoms with Gasteiger partial charge < -0.3 is 15.2 Å². The van der Waals surface area contributed by atoms with Crippen LogP contribution in [0.15, 0.2) is 36.5 Å². The normalized spacial score (nSPS) is 12.0. The second-order valence-corrected chi connectivity index (χ2v) is 4.69. The van der Waals surface area contributed by atoms with Crippen LogP contribution in [0.4, 0.5) is 0 Å². The van der Waals surface area contributed by atoms with Gasteiger partial charge in [-0.05, 0) is 24.6 Å². The smallest absolute Gasteiger partial charge is 0.127 e. The van der Waals surface area contributed by atoms with Crippen molar-refractivity contribution in [2.24, 2.45) is 5.73 Å². The Morgan fingerprint density at radius 2 is 2.00 bits per heavy atom. The first-order valence-electron chi connectivity index (χ1n) is 6.53. The van der Waals surface area contributed by atoms with Crippen LogP contribution in [0.2, 0.25) is 0 Å². The van der Waals surface area contributed by atoms with Gasteiger partial charge in [0.05, 0.1) is 14.2 Å². The molecule has 0 fully saturated rings. The number of hydrogen-bond acceptors (Lipinski definition) is 4. The van der Waals surface area contributed by atoms with Gasteiger partial charge in [-0.2, -0.15) is 0 Å². The Labute approximate surface area is 119 Å². The summed E-state index contributed by atoms with van der Waals surface area (Å²) in [7, 11) is 3.27. The SMILES string of the molecule is COc1ccc(C(N)Cc2ncccc2C)c(OC)c1. The summed E-state index contributed by atoms with van der Waals surface area (Å²) in [5.74, 6) is 1.50. The molecular weight excluding hydrogens is 252 g/mol. The number of nitrogens with two attached hydrogens (primary N) is 1. The molecule has 20 heavy (non-hydrogen) atoms. The zero-order valence-corrected chi connectivity index (χ0v) is 12.1. The highest BCUT2D eigenvalue weighted by molar-refractivity contribution is 5.43. The van der Waals surface area contributed by atoms with E-state index in [1.54, 1.807) is 20.4 Å². The largest absolute Gasteiger partial charge is 0.497 e. The molecule has 106 valence electrons. The molecule has 0 spiro atoms. The molecule has 0 radical (unpaired) electrons. The number of pyridine rings is 1. The van der Waals surface area contributed by atoms with Gasteiger partial charge in [0.2, 0.25) is 0 Å². The molecule has 1 aromatic carbocycles. The molecule has 0 aliphatic carbocycles. The topological polar surface area (TPSA) is 57.4 Å². The van der Waals surface area contributed by atoms with Crippen molar-refractivity contribution in [2.75, 3.05) is 14.2 Å². The van der Waals surface area contributed by atoms with Crippen molar-refractivity contribution in [3.63, 3.8) is 0 Å². The maximum absolute atomic E-state index is 6.30. The van der Waals surface area contributed by atoms with E-state index in [1.165, 1.54) is 0 Å². The zero-order valence-electron chi connectivity index (χ0n) is 12.1. The average Bonchev–Trinajstić information content (AvgIpc) is 2.48. The summed E-state index contributed by atoms with van der Waals surface area (Å²) in [6.45, 7) is 2.04. The monoisotopic (exact) mass is 272 g/mol. The van der Waals surface area contributed by atoms with Gasteiger partial charge >= 0.3 is 0 Å². The van der Waals surface area contributed by atoms with Gasteiger partial charge in [0, 0.05) is 36.0 Å². The first-order chi connectivity index (χ1) is 9.65. The fourth-order valence-corrected chi connectivity index (χ4v) is 2.18. The maximum Gasteiger partial charge on any atom is 0.127 e. The van der Waals surface area contributed by atoms with Crippen molar-refractivity contribution in [3.8, 4) is 11.5 Å². The van der Waals surface area contributed by atoms with Gasteiger partial charge in [0.25, 0.3) is 0 Å². The average molecular weight is 272 g/mol. The highest BCUT2D eigenvalue weighted by atomic mass is 16.5. The van der Waals surface area contributed by atoms with E-state index in [2.05, 4.69) is 4.98 Å². The molecule has 2 N–H and O–H groups in total. The number of benzene rings is 1. The standard InChI is InChI=1S/C16H20N2O2/c1-11-5-4-8-18-15(11)10-14(17)13-7-6-12(19-2)9-16(13)20-3/h4-9,14H,10,17H2,1-3H3. The Bertz CT molecular complexity index is 584. The van der Waals surface area contributed by atoms with Crippen LogP contribution in [0.3, 0.4) is 0 Å². The van der Waals surface area contributed by atoms with E-state index in [0.29, 0.717) is 6.42 Å². The van der Waals surface area contributed by atoms with Crippen LogP contribution in [-0.4, -0.2) is 19.2 Å². The zero-order chi connectivity index (χ0) is 14.5. The fourth-order valence-electron chi connectivity index (χ4n) is 2.18. The summed E-state index contributed by atoms with van der Waals surface area (Å²) in [6, 6.07) is 9.49. The summed E-state index contributed by atoms with van der Waals surface area (Å²) >= 11 is 0. The quantitative estimate of drug-likeness (QED) is 0.909. The van der Waals surface area contributed by atoms with Gasteiger partial charge in [0.15, 0.2) is 0 Å². The van der Waals surface area contributed by atoms with Crippen LogP contribution in [0, 0.1) is 6.92 Å². The molecular formula is C16H20N2O2. The number of hydrogen-bond donors (Lipinski definition) is 1. The van der Waals surface area contributed by atoms with Crippen molar-refractivity contribution in [1.29, 1.82) is 0 Å². The minimum atomic E-state index is -0.163.